The molecule has 1 heterocycles. The Morgan fingerprint density at radius 3 is 2.78 bits per heavy atom. The lowest BCUT2D eigenvalue weighted by Crippen LogP contribution is -2.07. The molecule has 1 aromatic heterocycles. The van der Waals surface area contributed by atoms with Crippen LogP contribution in [-0.4, -0.2) is 16.4 Å². The zero-order chi connectivity index (χ0) is 12.8. The second kappa shape index (κ2) is 6.33. The SMILES string of the molecule is C[C@H](N)c1cnn(CCOCc2ccccc2)c1. The van der Waals surface area contributed by atoms with E-state index in [-0.39, 0.29) is 6.04 Å². The van der Waals surface area contributed by atoms with Crippen molar-refractivity contribution in [3.05, 3.63) is 53.9 Å². The summed E-state index contributed by atoms with van der Waals surface area (Å²) in [7, 11) is 0. The number of benzene rings is 1. The fourth-order valence-electron chi connectivity index (χ4n) is 1.66. The molecule has 0 aliphatic carbocycles. The van der Waals surface area contributed by atoms with Gasteiger partial charge in [0.05, 0.1) is 26.0 Å². The van der Waals surface area contributed by atoms with E-state index in [4.69, 9.17) is 10.5 Å². The normalized spacial score (nSPS) is 12.6. The van der Waals surface area contributed by atoms with Crippen molar-refractivity contribution in [2.45, 2.75) is 26.1 Å². The van der Waals surface area contributed by atoms with E-state index in [1.165, 1.54) is 5.56 Å². The van der Waals surface area contributed by atoms with Crippen molar-refractivity contribution in [3.8, 4) is 0 Å². The highest BCUT2D eigenvalue weighted by atomic mass is 16.5. The van der Waals surface area contributed by atoms with Crippen LogP contribution in [-0.2, 0) is 17.9 Å². The van der Waals surface area contributed by atoms with Crippen molar-refractivity contribution >= 4 is 0 Å². The van der Waals surface area contributed by atoms with Gasteiger partial charge in [-0.3, -0.25) is 4.68 Å². The number of nitrogens with two attached hydrogens (primary N) is 1. The molecule has 4 nitrogen and oxygen atoms in total. The maximum absolute atomic E-state index is 5.77. The van der Waals surface area contributed by atoms with E-state index >= 15 is 0 Å². The van der Waals surface area contributed by atoms with Gasteiger partial charge in [-0.1, -0.05) is 30.3 Å². The maximum atomic E-state index is 5.77. The van der Waals surface area contributed by atoms with Gasteiger partial charge in [-0.25, -0.2) is 0 Å². The second-order valence-electron chi connectivity index (χ2n) is 4.36. The molecule has 2 N–H and O–H groups in total. The van der Waals surface area contributed by atoms with Crippen LogP contribution in [0.1, 0.15) is 24.1 Å². The molecule has 2 aromatic rings. The minimum atomic E-state index is 0.0315. The van der Waals surface area contributed by atoms with Crippen molar-refractivity contribution < 1.29 is 4.74 Å². The third-order valence-electron chi connectivity index (χ3n) is 2.76. The summed E-state index contributed by atoms with van der Waals surface area (Å²) in [6, 6.07) is 10.2. The van der Waals surface area contributed by atoms with Gasteiger partial charge in [-0.15, -0.1) is 0 Å². The highest BCUT2D eigenvalue weighted by molar-refractivity contribution is 5.13. The summed E-state index contributed by atoms with van der Waals surface area (Å²) in [5.41, 5.74) is 8.02. The van der Waals surface area contributed by atoms with Gasteiger partial charge in [-0.05, 0) is 12.5 Å². The average Bonchev–Trinajstić information content (AvgIpc) is 2.85. The summed E-state index contributed by atoms with van der Waals surface area (Å²) in [6.07, 6.45) is 3.78. The van der Waals surface area contributed by atoms with Gasteiger partial charge in [0.2, 0.25) is 0 Å². The molecule has 0 bridgehead atoms. The van der Waals surface area contributed by atoms with Crippen molar-refractivity contribution in [1.29, 1.82) is 0 Å². The van der Waals surface area contributed by atoms with Crippen LogP contribution in [0, 0.1) is 0 Å². The van der Waals surface area contributed by atoms with Crippen LogP contribution in [0.4, 0.5) is 0 Å². The summed E-state index contributed by atoms with van der Waals surface area (Å²) in [5, 5.41) is 4.24. The highest BCUT2D eigenvalue weighted by Gasteiger charge is 2.02. The van der Waals surface area contributed by atoms with Crippen molar-refractivity contribution in [2.24, 2.45) is 5.73 Å². The molecule has 0 aliphatic rings. The van der Waals surface area contributed by atoms with E-state index in [2.05, 4.69) is 17.2 Å². The van der Waals surface area contributed by atoms with Crippen LogP contribution in [0.3, 0.4) is 0 Å². The van der Waals surface area contributed by atoms with Gasteiger partial charge in [0, 0.05) is 17.8 Å². The predicted molar refractivity (Wildman–Crippen MR) is 70.9 cm³/mol. The number of rotatable bonds is 6. The lowest BCUT2D eigenvalue weighted by molar-refractivity contribution is 0.111. The molecule has 1 atom stereocenters. The van der Waals surface area contributed by atoms with Gasteiger partial charge in [0.15, 0.2) is 0 Å². The molecule has 0 spiro atoms. The summed E-state index contributed by atoms with van der Waals surface area (Å²) >= 11 is 0. The third-order valence-corrected chi connectivity index (χ3v) is 2.76. The highest BCUT2D eigenvalue weighted by Crippen LogP contribution is 2.07. The number of hydrogen-bond donors (Lipinski definition) is 1. The van der Waals surface area contributed by atoms with Crippen LogP contribution in [0.15, 0.2) is 42.7 Å². The van der Waals surface area contributed by atoms with Gasteiger partial charge < -0.3 is 10.5 Å². The number of aromatic nitrogens is 2. The molecule has 0 fully saturated rings. The zero-order valence-electron chi connectivity index (χ0n) is 10.6. The van der Waals surface area contributed by atoms with Gasteiger partial charge in [0.25, 0.3) is 0 Å². The minimum absolute atomic E-state index is 0.0315. The summed E-state index contributed by atoms with van der Waals surface area (Å²) < 4.78 is 7.47. The first kappa shape index (κ1) is 12.8. The molecule has 2 rings (SSSR count). The zero-order valence-corrected chi connectivity index (χ0v) is 10.6. The molecular formula is C14H19N3O. The molecule has 0 unspecified atom stereocenters. The summed E-state index contributed by atoms with van der Waals surface area (Å²) in [5.74, 6) is 0. The Morgan fingerprint density at radius 1 is 1.33 bits per heavy atom. The van der Waals surface area contributed by atoms with Gasteiger partial charge >= 0.3 is 0 Å². The quantitative estimate of drug-likeness (QED) is 0.793. The Bertz CT molecular complexity index is 465. The Morgan fingerprint density at radius 2 is 2.11 bits per heavy atom. The smallest absolute Gasteiger partial charge is 0.0717 e. The fraction of sp³-hybridized carbons (Fsp3) is 0.357. The number of nitrogens with zero attached hydrogens (tertiary/aromatic N) is 2. The largest absolute Gasteiger partial charge is 0.375 e. The van der Waals surface area contributed by atoms with E-state index in [1.54, 1.807) is 0 Å². The lowest BCUT2D eigenvalue weighted by atomic mass is 10.2. The first-order valence-corrected chi connectivity index (χ1v) is 6.15. The number of ether oxygens (including phenoxy) is 1. The van der Waals surface area contributed by atoms with E-state index in [9.17, 15) is 0 Å². The molecule has 0 amide bonds. The topological polar surface area (TPSA) is 53.1 Å². The van der Waals surface area contributed by atoms with E-state index in [1.807, 2.05) is 42.2 Å². The van der Waals surface area contributed by atoms with Crippen molar-refractivity contribution in [2.75, 3.05) is 6.61 Å². The summed E-state index contributed by atoms with van der Waals surface area (Å²) in [6.45, 7) is 3.99. The minimum Gasteiger partial charge on any atom is -0.375 e. The first-order chi connectivity index (χ1) is 8.75. The molecule has 18 heavy (non-hydrogen) atoms. The van der Waals surface area contributed by atoms with Crippen molar-refractivity contribution in [3.63, 3.8) is 0 Å². The number of hydrogen-bond acceptors (Lipinski definition) is 3. The van der Waals surface area contributed by atoms with Crippen LogP contribution in [0.2, 0.25) is 0 Å². The molecule has 0 radical (unpaired) electrons. The molecule has 0 saturated heterocycles. The third kappa shape index (κ3) is 3.68. The molecule has 1 aromatic carbocycles. The van der Waals surface area contributed by atoms with Crippen LogP contribution < -0.4 is 5.73 Å². The van der Waals surface area contributed by atoms with Gasteiger partial charge in [-0.2, -0.15) is 5.10 Å². The second-order valence-corrected chi connectivity index (χ2v) is 4.36. The fourth-order valence-corrected chi connectivity index (χ4v) is 1.66. The van der Waals surface area contributed by atoms with Crippen LogP contribution in [0.5, 0.6) is 0 Å². The summed E-state index contributed by atoms with van der Waals surface area (Å²) in [4.78, 5) is 0. The first-order valence-electron chi connectivity index (χ1n) is 6.15. The van der Waals surface area contributed by atoms with E-state index in [0.29, 0.717) is 13.2 Å². The molecule has 4 heteroatoms. The predicted octanol–water partition coefficient (Wildman–Crippen LogP) is 2.12. The molecule has 96 valence electrons. The van der Waals surface area contributed by atoms with Crippen molar-refractivity contribution in [1.82, 2.24) is 9.78 Å². The Balaban J connectivity index is 1.72. The molecular weight excluding hydrogens is 226 g/mol. The maximum Gasteiger partial charge on any atom is 0.0717 e. The van der Waals surface area contributed by atoms with Crippen LogP contribution in [0.25, 0.3) is 0 Å². The molecule has 0 aliphatic heterocycles. The Hall–Kier alpha value is -1.65. The standard InChI is InChI=1S/C14H19N3O/c1-12(15)14-9-16-17(10-14)7-8-18-11-13-5-3-2-4-6-13/h2-6,9-10,12H,7-8,11,15H2,1H3/t12-/m0/s1. The Kier molecular flexibility index (Phi) is 4.50. The van der Waals surface area contributed by atoms with E-state index < -0.39 is 0 Å². The Labute approximate surface area is 107 Å². The van der Waals surface area contributed by atoms with Gasteiger partial charge in [0.1, 0.15) is 0 Å². The average molecular weight is 245 g/mol. The lowest BCUT2D eigenvalue weighted by Gasteiger charge is -2.04. The van der Waals surface area contributed by atoms with Crippen LogP contribution >= 0.6 is 0 Å². The monoisotopic (exact) mass is 245 g/mol. The molecule has 0 saturated carbocycles. The van der Waals surface area contributed by atoms with E-state index in [0.717, 1.165) is 12.1 Å².